The molecule has 1 fully saturated rings. The van der Waals surface area contributed by atoms with Crippen molar-refractivity contribution in [2.75, 3.05) is 27.2 Å². The number of hydrogen-bond donors (Lipinski definition) is 0. The van der Waals surface area contributed by atoms with Gasteiger partial charge in [0, 0.05) is 43.7 Å². The SMILES string of the molecule is CN(C)C(=O)N1CCC(C(=O)c2ccc(Cl)cc2)CC1. The van der Waals surface area contributed by atoms with Gasteiger partial charge in [0.1, 0.15) is 0 Å². The summed E-state index contributed by atoms with van der Waals surface area (Å²) in [5, 5.41) is 0.632. The number of carbonyl (C=O) groups excluding carboxylic acids is 2. The summed E-state index contributed by atoms with van der Waals surface area (Å²) in [5.41, 5.74) is 0.701. The van der Waals surface area contributed by atoms with Crippen LogP contribution in [0.5, 0.6) is 0 Å². The summed E-state index contributed by atoms with van der Waals surface area (Å²) < 4.78 is 0. The number of benzene rings is 1. The lowest BCUT2D eigenvalue weighted by atomic mass is 9.89. The van der Waals surface area contributed by atoms with Crippen LogP contribution < -0.4 is 0 Å². The third-order valence-corrected chi connectivity index (χ3v) is 3.90. The van der Waals surface area contributed by atoms with Gasteiger partial charge in [-0.05, 0) is 37.1 Å². The molecule has 1 heterocycles. The highest BCUT2D eigenvalue weighted by Crippen LogP contribution is 2.23. The predicted octanol–water partition coefficient (Wildman–Crippen LogP) is 2.92. The molecule has 2 rings (SSSR count). The van der Waals surface area contributed by atoms with Gasteiger partial charge in [-0.15, -0.1) is 0 Å². The van der Waals surface area contributed by atoms with Crippen molar-refractivity contribution in [1.82, 2.24) is 9.80 Å². The second-order valence-electron chi connectivity index (χ2n) is 5.31. The Hall–Kier alpha value is -1.55. The number of amides is 2. The minimum Gasteiger partial charge on any atom is -0.331 e. The largest absolute Gasteiger partial charge is 0.331 e. The summed E-state index contributed by atoms with van der Waals surface area (Å²) in [6, 6.07) is 7.02. The van der Waals surface area contributed by atoms with Gasteiger partial charge in [-0.1, -0.05) is 11.6 Å². The molecule has 0 saturated carbocycles. The highest BCUT2D eigenvalue weighted by molar-refractivity contribution is 6.30. The Labute approximate surface area is 124 Å². The number of Topliss-reactive ketones (excluding diaryl/α,β-unsaturated/α-hetero) is 1. The predicted molar refractivity (Wildman–Crippen MR) is 79.2 cm³/mol. The summed E-state index contributed by atoms with van der Waals surface area (Å²) in [5.74, 6) is 0.154. The fraction of sp³-hybridized carbons (Fsp3) is 0.467. The first-order chi connectivity index (χ1) is 9.49. The monoisotopic (exact) mass is 294 g/mol. The molecule has 0 aliphatic carbocycles. The van der Waals surface area contributed by atoms with Crippen LogP contribution in [0.25, 0.3) is 0 Å². The molecule has 0 atom stereocenters. The maximum Gasteiger partial charge on any atom is 0.319 e. The summed E-state index contributed by atoms with van der Waals surface area (Å²) in [4.78, 5) is 27.6. The smallest absolute Gasteiger partial charge is 0.319 e. The van der Waals surface area contributed by atoms with Gasteiger partial charge in [0.2, 0.25) is 0 Å². The minimum absolute atomic E-state index is 0.00221. The number of urea groups is 1. The summed E-state index contributed by atoms with van der Waals surface area (Å²) in [6.45, 7) is 1.28. The molecule has 1 saturated heterocycles. The zero-order valence-corrected chi connectivity index (χ0v) is 12.6. The maximum atomic E-state index is 12.4. The van der Waals surface area contributed by atoms with Gasteiger partial charge >= 0.3 is 6.03 Å². The number of rotatable bonds is 2. The van der Waals surface area contributed by atoms with Crippen molar-refractivity contribution in [3.8, 4) is 0 Å². The highest BCUT2D eigenvalue weighted by atomic mass is 35.5. The van der Waals surface area contributed by atoms with E-state index in [0.29, 0.717) is 23.7 Å². The van der Waals surface area contributed by atoms with Crippen LogP contribution >= 0.6 is 11.6 Å². The van der Waals surface area contributed by atoms with Crippen molar-refractivity contribution >= 4 is 23.4 Å². The van der Waals surface area contributed by atoms with Crippen molar-refractivity contribution < 1.29 is 9.59 Å². The highest BCUT2D eigenvalue weighted by Gasteiger charge is 2.28. The first-order valence-electron chi connectivity index (χ1n) is 6.75. The molecule has 0 spiro atoms. The van der Waals surface area contributed by atoms with E-state index in [1.807, 2.05) is 0 Å². The third kappa shape index (κ3) is 3.31. The van der Waals surface area contributed by atoms with E-state index in [1.54, 1.807) is 48.2 Å². The van der Waals surface area contributed by atoms with Crippen LogP contribution in [-0.4, -0.2) is 48.8 Å². The molecule has 0 bridgehead atoms. The summed E-state index contributed by atoms with van der Waals surface area (Å²) >= 11 is 5.83. The molecule has 5 heteroatoms. The van der Waals surface area contributed by atoms with Crippen molar-refractivity contribution in [2.45, 2.75) is 12.8 Å². The number of piperidine rings is 1. The van der Waals surface area contributed by atoms with Crippen LogP contribution in [0, 0.1) is 5.92 Å². The number of hydrogen-bond acceptors (Lipinski definition) is 2. The maximum absolute atomic E-state index is 12.4. The Morgan fingerprint density at radius 3 is 2.20 bits per heavy atom. The Balaban J connectivity index is 1.95. The van der Waals surface area contributed by atoms with Gasteiger partial charge in [-0.2, -0.15) is 0 Å². The molecule has 2 amide bonds. The Kier molecular flexibility index (Phi) is 4.65. The molecule has 1 aliphatic rings. The normalized spacial score (nSPS) is 16.1. The van der Waals surface area contributed by atoms with Crippen molar-refractivity contribution in [1.29, 1.82) is 0 Å². The number of likely N-dealkylation sites (tertiary alicyclic amines) is 1. The zero-order valence-electron chi connectivity index (χ0n) is 11.8. The van der Waals surface area contributed by atoms with Gasteiger partial charge in [0.15, 0.2) is 5.78 Å². The number of halogens is 1. The lowest BCUT2D eigenvalue weighted by Crippen LogP contribution is -2.44. The second kappa shape index (κ2) is 6.27. The fourth-order valence-electron chi connectivity index (χ4n) is 2.47. The average Bonchev–Trinajstić information content (AvgIpc) is 2.46. The third-order valence-electron chi connectivity index (χ3n) is 3.65. The number of ketones is 1. The van der Waals surface area contributed by atoms with Gasteiger partial charge in [0.25, 0.3) is 0 Å². The molecule has 0 radical (unpaired) electrons. The van der Waals surface area contributed by atoms with E-state index in [-0.39, 0.29) is 17.7 Å². The van der Waals surface area contributed by atoms with Crippen LogP contribution in [0.4, 0.5) is 4.79 Å². The minimum atomic E-state index is 0.00221. The van der Waals surface area contributed by atoms with E-state index in [1.165, 1.54) is 0 Å². The van der Waals surface area contributed by atoms with Crippen LogP contribution in [0.15, 0.2) is 24.3 Å². The van der Waals surface area contributed by atoms with E-state index in [9.17, 15) is 9.59 Å². The molecular weight excluding hydrogens is 276 g/mol. The van der Waals surface area contributed by atoms with Crippen molar-refractivity contribution in [3.63, 3.8) is 0 Å². The molecule has 108 valence electrons. The molecule has 1 aromatic carbocycles. The lowest BCUT2D eigenvalue weighted by Gasteiger charge is -2.33. The van der Waals surface area contributed by atoms with Gasteiger partial charge < -0.3 is 9.80 Å². The Morgan fingerprint density at radius 1 is 1.15 bits per heavy atom. The summed E-state index contributed by atoms with van der Waals surface area (Å²) in [6.07, 6.45) is 1.45. The second-order valence-corrected chi connectivity index (χ2v) is 5.75. The van der Waals surface area contributed by atoms with Gasteiger partial charge in [0.05, 0.1) is 0 Å². The molecule has 1 aromatic rings. The Bertz CT molecular complexity index is 491. The molecular formula is C15H19ClN2O2. The van der Waals surface area contributed by atoms with E-state index in [0.717, 1.165) is 12.8 Å². The van der Waals surface area contributed by atoms with Gasteiger partial charge in [-0.3, -0.25) is 4.79 Å². The van der Waals surface area contributed by atoms with Crippen LogP contribution in [0.2, 0.25) is 5.02 Å². The van der Waals surface area contributed by atoms with Gasteiger partial charge in [-0.25, -0.2) is 4.79 Å². The molecule has 20 heavy (non-hydrogen) atoms. The fourth-order valence-corrected chi connectivity index (χ4v) is 2.59. The Morgan fingerprint density at radius 2 is 1.70 bits per heavy atom. The molecule has 1 aliphatic heterocycles. The van der Waals surface area contributed by atoms with E-state index >= 15 is 0 Å². The van der Waals surface area contributed by atoms with Crippen molar-refractivity contribution in [3.05, 3.63) is 34.9 Å². The van der Waals surface area contributed by atoms with Crippen LogP contribution in [0.3, 0.4) is 0 Å². The number of nitrogens with zero attached hydrogens (tertiary/aromatic N) is 2. The molecule has 0 unspecified atom stereocenters. The summed E-state index contributed by atoms with van der Waals surface area (Å²) in [7, 11) is 3.49. The molecule has 0 aromatic heterocycles. The van der Waals surface area contributed by atoms with E-state index in [4.69, 9.17) is 11.6 Å². The first kappa shape index (κ1) is 14.9. The van der Waals surface area contributed by atoms with Crippen LogP contribution in [0.1, 0.15) is 23.2 Å². The lowest BCUT2D eigenvalue weighted by molar-refractivity contribution is 0.0843. The molecule has 0 N–H and O–H groups in total. The topological polar surface area (TPSA) is 40.6 Å². The average molecular weight is 295 g/mol. The quantitative estimate of drug-likeness (QED) is 0.787. The number of carbonyl (C=O) groups is 2. The van der Waals surface area contributed by atoms with E-state index < -0.39 is 0 Å². The first-order valence-corrected chi connectivity index (χ1v) is 7.13. The van der Waals surface area contributed by atoms with E-state index in [2.05, 4.69) is 0 Å². The zero-order chi connectivity index (χ0) is 14.7. The molecule has 4 nitrogen and oxygen atoms in total. The standard InChI is InChI=1S/C15H19ClN2O2/c1-17(2)15(20)18-9-7-12(8-10-18)14(19)11-3-5-13(16)6-4-11/h3-6,12H,7-10H2,1-2H3. The van der Waals surface area contributed by atoms with Crippen LogP contribution in [-0.2, 0) is 0 Å². The van der Waals surface area contributed by atoms with Crippen molar-refractivity contribution in [2.24, 2.45) is 5.92 Å².